The van der Waals surface area contributed by atoms with Gasteiger partial charge in [-0.3, -0.25) is 4.79 Å². The predicted molar refractivity (Wildman–Crippen MR) is 70.4 cm³/mol. The van der Waals surface area contributed by atoms with Crippen LogP contribution < -0.4 is 10.1 Å². The van der Waals surface area contributed by atoms with Crippen LogP contribution in [0.1, 0.15) is 19.8 Å². The highest BCUT2D eigenvalue weighted by atomic mass is 79.9. The van der Waals surface area contributed by atoms with Crippen LogP contribution in [0.25, 0.3) is 0 Å². The van der Waals surface area contributed by atoms with Gasteiger partial charge in [-0.2, -0.15) is 0 Å². The normalized spacial score (nSPS) is 12.9. The maximum atomic E-state index is 12.1. The summed E-state index contributed by atoms with van der Waals surface area (Å²) in [5.74, 6) is -0.721. The summed E-state index contributed by atoms with van der Waals surface area (Å²) in [5, 5.41) is 11.6. The Labute approximate surface area is 122 Å². The van der Waals surface area contributed by atoms with E-state index in [0.29, 0.717) is 12.1 Å². The van der Waals surface area contributed by atoms with Crippen LogP contribution in [0.2, 0.25) is 0 Å². The number of amides is 1. The van der Waals surface area contributed by atoms with Gasteiger partial charge in [0.15, 0.2) is 0 Å². The molecule has 0 bridgehead atoms. The maximum absolute atomic E-state index is 12.1. The zero-order chi connectivity index (χ0) is 15.3. The average Bonchev–Trinajstić information content (AvgIpc) is 2.28. The number of halogens is 4. The highest BCUT2D eigenvalue weighted by molar-refractivity contribution is 9.10. The predicted octanol–water partition coefficient (Wildman–Crippen LogP) is 3.45. The molecule has 1 unspecified atom stereocenters. The standard InChI is InChI=1S/C12H13BrF3NO3/c1-7(18)2-5-11(19)17-8-3-4-10(9(13)6-8)20-12(14,15)16/h3-4,6-7,18H,2,5H2,1H3,(H,17,19). The van der Waals surface area contributed by atoms with Gasteiger partial charge >= 0.3 is 6.36 Å². The SMILES string of the molecule is CC(O)CCC(=O)Nc1ccc(OC(F)(F)F)c(Br)c1. The van der Waals surface area contributed by atoms with Crippen molar-refractivity contribution in [3.63, 3.8) is 0 Å². The summed E-state index contributed by atoms with van der Waals surface area (Å²) in [5.41, 5.74) is 0.335. The van der Waals surface area contributed by atoms with E-state index in [4.69, 9.17) is 5.11 Å². The molecular formula is C12H13BrF3NO3. The molecule has 1 atom stereocenters. The molecule has 1 aromatic rings. The molecule has 0 aliphatic carbocycles. The third-order valence-electron chi connectivity index (χ3n) is 2.23. The molecule has 0 fully saturated rings. The molecule has 0 aromatic heterocycles. The quantitative estimate of drug-likeness (QED) is 0.850. The molecule has 20 heavy (non-hydrogen) atoms. The average molecular weight is 356 g/mol. The van der Waals surface area contributed by atoms with E-state index in [0.717, 1.165) is 6.07 Å². The van der Waals surface area contributed by atoms with E-state index < -0.39 is 12.5 Å². The summed E-state index contributed by atoms with van der Waals surface area (Å²) in [6.07, 6.45) is -4.93. The van der Waals surface area contributed by atoms with E-state index in [2.05, 4.69) is 26.0 Å². The monoisotopic (exact) mass is 355 g/mol. The summed E-state index contributed by atoms with van der Waals surface area (Å²) in [7, 11) is 0. The second-order valence-electron chi connectivity index (χ2n) is 4.13. The summed E-state index contributed by atoms with van der Waals surface area (Å²) in [4.78, 5) is 11.5. The fourth-order valence-corrected chi connectivity index (χ4v) is 1.81. The van der Waals surface area contributed by atoms with Gasteiger partial charge in [-0.1, -0.05) is 0 Å². The molecular weight excluding hydrogens is 343 g/mol. The maximum Gasteiger partial charge on any atom is 0.573 e. The zero-order valence-electron chi connectivity index (χ0n) is 10.5. The molecule has 1 aromatic carbocycles. The summed E-state index contributed by atoms with van der Waals surface area (Å²) in [6.45, 7) is 1.56. The van der Waals surface area contributed by atoms with Crippen molar-refractivity contribution >= 4 is 27.5 Å². The lowest BCUT2D eigenvalue weighted by Crippen LogP contribution is -2.17. The largest absolute Gasteiger partial charge is 0.573 e. The lowest BCUT2D eigenvalue weighted by molar-refractivity contribution is -0.274. The van der Waals surface area contributed by atoms with Crippen molar-refractivity contribution in [2.45, 2.75) is 32.2 Å². The van der Waals surface area contributed by atoms with Gasteiger partial charge in [-0.05, 0) is 47.5 Å². The van der Waals surface area contributed by atoms with E-state index in [1.807, 2.05) is 0 Å². The summed E-state index contributed by atoms with van der Waals surface area (Å²) in [6, 6.07) is 3.70. The number of carbonyl (C=O) groups excluding carboxylic acids is 1. The number of hydrogen-bond acceptors (Lipinski definition) is 3. The Kier molecular flexibility index (Phi) is 5.82. The van der Waals surface area contributed by atoms with Gasteiger partial charge in [0, 0.05) is 12.1 Å². The first-order valence-electron chi connectivity index (χ1n) is 5.70. The number of rotatable bonds is 5. The smallest absolute Gasteiger partial charge is 0.405 e. The van der Waals surface area contributed by atoms with E-state index in [1.165, 1.54) is 12.1 Å². The van der Waals surface area contributed by atoms with Crippen LogP contribution in [0.15, 0.2) is 22.7 Å². The minimum atomic E-state index is -4.77. The molecule has 4 nitrogen and oxygen atoms in total. The van der Waals surface area contributed by atoms with Crippen LogP contribution in [0.4, 0.5) is 18.9 Å². The first-order valence-corrected chi connectivity index (χ1v) is 6.50. The van der Waals surface area contributed by atoms with Gasteiger partial charge in [0.2, 0.25) is 5.91 Å². The van der Waals surface area contributed by atoms with Crippen LogP contribution >= 0.6 is 15.9 Å². The van der Waals surface area contributed by atoms with Gasteiger partial charge in [-0.15, -0.1) is 13.2 Å². The van der Waals surface area contributed by atoms with Crippen molar-refractivity contribution in [2.24, 2.45) is 0 Å². The van der Waals surface area contributed by atoms with E-state index in [-0.39, 0.29) is 22.6 Å². The topological polar surface area (TPSA) is 58.6 Å². The molecule has 0 radical (unpaired) electrons. The highest BCUT2D eigenvalue weighted by Crippen LogP contribution is 2.32. The van der Waals surface area contributed by atoms with E-state index in [1.54, 1.807) is 6.92 Å². The number of aliphatic hydroxyl groups excluding tert-OH is 1. The van der Waals surface area contributed by atoms with Crippen LogP contribution in [0.5, 0.6) is 5.75 Å². The number of hydrogen-bond donors (Lipinski definition) is 2. The third kappa shape index (κ3) is 6.25. The van der Waals surface area contributed by atoms with Crippen molar-refractivity contribution in [1.29, 1.82) is 0 Å². The number of anilines is 1. The Hall–Kier alpha value is -1.28. The molecule has 1 amide bonds. The van der Waals surface area contributed by atoms with E-state index >= 15 is 0 Å². The summed E-state index contributed by atoms with van der Waals surface area (Å²) >= 11 is 2.94. The molecule has 0 saturated heterocycles. The minimum Gasteiger partial charge on any atom is -0.405 e. The first-order chi connectivity index (χ1) is 9.17. The summed E-state index contributed by atoms with van der Waals surface area (Å²) < 4.78 is 40.1. The minimum absolute atomic E-state index is 0.0724. The number of nitrogens with one attached hydrogen (secondary N) is 1. The molecule has 112 valence electrons. The Bertz CT molecular complexity index is 478. The molecule has 0 heterocycles. The Balaban J connectivity index is 2.65. The van der Waals surface area contributed by atoms with E-state index in [9.17, 15) is 18.0 Å². The van der Waals surface area contributed by atoms with Gasteiger partial charge in [0.25, 0.3) is 0 Å². The van der Waals surface area contributed by atoms with Gasteiger partial charge in [0.05, 0.1) is 10.6 Å². The number of benzene rings is 1. The van der Waals surface area contributed by atoms with Crippen LogP contribution in [-0.2, 0) is 4.79 Å². The van der Waals surface area contributed by atoms with Gasteiger partial charge in [0.1, 0.15) is 5.75 Å². The second kappa shape index (κ2) is 6.94. The van der Waals surface area contributed by atoms with Crippen molar-refractivity contribution in [1.82, 2.24) is 0 Å². The van der Waals surface area contributed by atoms with Gasteiger partial charge < -0.3 is 15.2 Å². The van der Waals surface area contributed by atoms with Crippen LogP contribution in [0.3, 0.4) is 0 Å². The lowest BCUT2D eigenvalue weighted by atomic mass is 10.2. The number of ether oxygens (including phenoxy) is 1. The van der Waals surface area contributed by atoms with Crippen molar-refractivity contribution in [3.8, 4) is 5.75 Å². The molecule has 0 aliphatic rings. The van der Waals surface area contributed by atoms with Gasteiger partial charge in [-0.25, -0.2) is 0 Å². The number of alkyl halides is 3. The molecule has 0 spiro atoms. The Morgan fingerprint density at radius 3 is 2.65 bits per heavy atom. The Morgan fingerprint density at radius 1 is 1.50 bits per heavy atom. The molecule has 2 N–H and O–H groups in total. The zero-order valence-corrected chi connectivity index (χ0v) is 12.1. The fraction of sp³-hybridized carbons (Fsp3) is 0.417. The Morgan fingerprint density at radius 2 is 2.15 bits per heavy atom. The van der Waals surface area contributed by atoms with Crippen LogP contribution in [-0.4, -0.2) is 23.5 Å². The molecule has 8 heteroatoms. The fourth-order valence-electron chi connectivity index (χ4n) is 1.35. The first kappa shape index (κ1) is 16.8. The molecule has 1 rings (SSSR count). The number of carbonyl (C=O) groups is 1. The second-order valence-corrected chi connectivity index (χ2v) is 4.98. The number of aliphatic hydroxyl groups is 1. The van der Waals surface area contributed by atoms with Crippen molar-refractivity contribution < 1.29 is 27.8 Å². The molecule has 0 saturated carbocycles. The van der Waals surface area contributed by atoms with Crippen molar-refractivity contribution in [3.05, 3.63) is 22.7 Å². The highest BCUT2D eigenvalue weighted by Gasteiger charge is 2.31. The lowest BCUT2D eigenvalue weighted by Gasteiger charge is -2.12. The molecule has 0 aliphatic heterocycles. The van der Waals surface area contributed by atoms with Crippen molar-refractivity contribution in [2.75, 3.05) is 5.32 Å². The van der Waals surface area contributed by atoms with Crippen LogP contribution in [0, 0.1) is 0 Å². The third-order valence-corrected chi connectivity index (χ3v) is 2.85.